The molecule has 1 fully saturated rings. The van der Waals surface area contributed by atoms with Gasteiger partial charge in [0.25, 0.3) is 0 Å². The van der Waals surface area contributed by atoms with Crippen molar-refractivity contribution < 1.29 is 0 Å². The van der Waals surface area contributed by atoms with Crippen LogP contribution in [0.1, 0.15) is 12.8 Å². The zero-order chi connectivity index (χ0) is 6.91. The standard InChI is InChI=1S/C4H8N.3CH3.Sn/c1-2-4-5-3-1;;;;/h3,5H,1-2,4H2;3*1H3;. The van der Waals surface area contributed by atoms with Crippen molar-refractivity contribution in [3.05, 3.63) is 0 Å². The number of rotatable bonds is 1. The van der Waals surface area contributed by atoms with Crippen molar-refractivity contribution in [3.8, 4) is 0 Å². The Hall–Kier alpha value is 0.759. The number of hydrogen-bond acceptors (Lipinski definition) is 1. The van der Waals surface area contributed by atoms with Crippen LogP contribution in [-0.2, 0) is 0 Å². The minimum atomic E-state index is -1.50. The molecule has 9 heavy (non-hydrogen) atoms. The number of hydrogen-bond donors (Lipinski definition) is 1. The summed E-state index contributed by atoms with van der Waals surface area (Å²) in [6.07, 6.45) is 2.87. The maximum atomic E-state index is 3.59. The third kappa shape index (κ3) is 2.11. The first-order valence-corrected chi connectivity index (χ1v) is 14.0. The molecule has 0 saturated carbocycles. The summed E-state index contributed by atoms with van der Waals surface area (Å²) in [6.45, 7) is 1.28. The molecule has 2 heteroatoms. The molecule has 0 aromatic rings. The Balaban J connectivity index is 2.42. The molecule has 1 unspecified atom stereocenters. The Morgan fingerprint density at radius 3 is 2.22 bits per heavy atom. The van der Waals surface area contributed by atoms with E-state index >= 15 is 0 Å². The van der Waals surface area contributed by atoms with E-state index in [4.69, 9.17) is 0 Å². The zero-order valence-corrected chi connectivity index (χ0v) is 9.55. The van der Waals surface area contributed by atoms with Gasteiger partial charge in [-0.2, -0.15) is 0 Å². The summed E-state index contributed by atoms with van der Waals surface area (Å²) in [5, 5.41) is 3.59. The monoisotopic (exact) mass is 235 g/mol. The van der Waals surface area contributed by atoms with E-state index < -0.39 is 18.4 Å². The molecule has 1 atom stereocenters. The molecule has 0 spiro atoms. The SMILES string of the molecule is [CH3][Sn]([CH3])([CH3])[CH]1CCCN1. The van der Waals surface area contributed by atoms with E-state index in [9.17, 15) is 0 Å². The van der Waals surface area contributed by atoms with Gasteiger partial charge in [0.15, 0.2) is 0 Å². The van der Waals surface area contributed by atoms with Crippen LogP contribution in [0.3, 0.4) is 0 Å². The van der Waals surface area contributed by atoms with Crippen molar-refractivity contribution in [2.24, 2.45) is 0 Å². The molecular weight excluding hydrogens is 217 g/mol. The van der Waals surface area contributed by atoms with Crippen LogP contribution in [-0.4, -0.2) is 29.0 Å². The van der Waals surface area contributed by atoms with Crippen LogP contribution in [0.4, 0.5) is 0 Å². The Morgan fingerprint density at radius 2 is 2.00 bits per heavy atom. The molecule has 1 aliphatic heterocycles. The van der Waals surface area contributed by atoms with Gasteiger partial charge in [-0.1, -0.05) is 0 Å². The quantitative estimate of drug-likeness (QED) is 0.679. The molecule has 0 amide bonds. The van der Waals surface area contributed by atoms with E-state index in [1.54, 1.807) is 0 Å². The molecule has 0 aromatic carbocycles. The predicted molar refractivity (Wildman–Crippen MR) is 44.4 cm³/mol. The van der Waals surface area contributed by atoms with Crippen LogP contribution < -0.4 is 5.32 Å². The van der Waals surface area contributed by atoms with E-state index in [-0.39, 0.29) is 0 Å². The third-order valence-corrected chi connectivity index (χ3v) is 9.48. The van der Waals surface area contributed by atoms with Crippen LogP contribution in [0.5, 0.6) is 0 Å². The number of nitrogens with one attached hydrogen (secondary N) is 1. The summed E-state index contributed by atoms with van der Waals surface area (Å²) in [4.78, 5) is 7.53. The molecule has 54 valence electrons. The van der Waals surface area contributed by atoms with Gasteiger partial charge in [0.1, 0.15) is 0 Å². The fraction of sp³-hybridized carbons (Fsp3) is 1.00. The molecule has 1 rings (SSSR count). The Kier molecular flexibility index (Phi) is 2.43. The van der Waals surface area contributed by atoms with Gasteiger partial charge in [0.05, 0.1) is 0 Å². The van der Waals surface area contributed by atoms with Crippen LogP contribution in [0, 0.1) is 0 Å². The van der Waals surface area contributed by atoms with Crippen molar-refractivity contribution in [3.63, 3.8) is 0 Å². The fourth-order valence-electron chi connectivity index (χ4n) is 1.42. The molecule has 0 aliphatic carbocycles. The van der Waals surface area contributed by atoms with Gasteiger partial charge in [-0.15, -0.1) is 0 Å². The normalized spacial score (nSPS) is 29.0. The van der Waals surface area contributed by atoms with Crippen molar-refractivity contribution in [1.29, 1.82) is 0 Å². The van der Waals surface area contributed by atoms with Crippen LogP contribution >= 0.6 is 0 Å². The van der Waals surface area contributed by atoms with E-state index in [0.29, 0.717) is 0 Å². The molecule has 1 heterocycles. The van der Waals surface area contributed by atoms with Gasteiger partial charge in [-0.05, 0) is 0 Å². The Bertz CT molecular complexity index is 89.6. The van der Waals surface area contributed by atoms with Gasteiger partial charge in [-0.3, -0.25) is 0 Å². The first-order valence-electron chi connectivity index (χ1n) is 3.84. The molecule has 1 N–H and O–H groups in total. The van der Waals surface area contributed by atoms with Crippen molar-refractivity contribution >= 4 is 18.4 Å². The topological polar surface area (TPSA) is 12.0 Å². The molecule has 1 nitrogen and oxygen atoms in total. The average Bonchev–Trinajstić information content (AvgIpc) is 2.08. The van der Waals surface area contributed by atoms with Crippen molar-refractivity contribution in [1.82, 2.24) is 5.32 Å². The molecule has 1 aliphatic rings. The second-order valence-corrected chi connectivity index (χ2v) is 19.5. The van der Waals surface area contributed by atoms with Crippen LogP contribution in [0.2, 0.25) is 14.8 Å². The summed E-state index contributed by atoms with van der Waals surface area (Å²) >= 11 is -1.50. The van der Waals surface area contributed by atoms with E-state index in [1.165, 1.54) is 19.4 Å². The van der Waals surface area contributed by atoms with Crippen molar-refractivity contribution in [2.45, 2.75) is 31.7 Å². The first-order chi connectivity index (χ1) is 4.11. The van der Waals surface area contributed by atoms with E-state index in [2.05, 4.69) is 20.1 Å². The zero-order valence-electron chi connectivity index (χ0n) is 6.70. The predicted octanol–water partition coefficient (Wildman–Crippen LogP) is 1.62. The fourth-order valence-corrected chi connectivity index (χ4v) is 6.64. The summed E-state index contributed by atoms with van der Waals surface area (Å²) in [6, 6.07) is 0. The van der Waals surface area contributed by atoms with Gasteiger partial charge in [-0.25, -0.2) is 0 Å². The van der Waals surface area contributed by atoms with Gasteiger partial charge < -0.3 is 0 Å². The summed E-state index contributed by atoms with van der Waals surface area (Å²) < 4.78 is 0.972. The van der Waals surface area contributed by atoms with E-state index in [0.717, 1.165) is 4.06 Å². The van der Waals surface area contributed by atoms with E-state index in [1.807, 2.05) is 0 Å². The molecule has 0 aromatic heterocycles. The van der Waals surface area contributed by atoms with Crippen molar-refractivity contribution in [2.75, 3.05) is 6.54 Å². The maximum absolute atomic E-state index is 3.59. The summed E-state index contributed by atoms with van der Waals surface area (Å²) in [5.74, 6) is 0. The average molecular weight is 234 g/mol. The van der Waals surface area contributed by atoms with Gasteiger partial charge in [0.2, 0.25) is 0 Å². The van der Waals surface area contributed by atoms with Crippen LogP contribution in [0.15, 0.2) is 0 Å². The summed E-state index contributed by atoms with van der Waals surface area (Å²) in [7, 11) is 0. The van der Waals surface area contributed by atoms with Gasteiger partial charge >= 0.3 is 62.0 Å². The second-order valence-electron chi connectivity index (χ2n) is 4.01. The summed E-state index contributed by atoms with van der Waals surface area (Å²) in [5.41, 5.74) is 0. The van der Waals surface area contributed by atoms with Gasteiger partial charge in [0, 0.05) is 0 Å². The third-order valence-electron chi connectivity index (χ3n) is 2.11. The Morgan fingerprint density at radius 1 is 1.33 bits per heavy atom. The molecular formula is C7H17NSn. The molecule has 1 saturated heterocycles. The minimum absolute atomic E-state index is 0.972. The molecule has 0 bridgehead atoms. The second kappa shape index (κ2) is 2.79. The van der Waals surface area contributed by atoms with Crippen LogP contribution in [0.25, 0.3) is 0 Å². The molecule has 0 radical (unpaired) electrons. The Labute approximate surface area is 62.1 Å². The first kappa shape index (κ1) is 7.86.